The van der Waals surface area contributed by atoms with Crippen molar-refractivity contribution in [2.75, 3.05) is 26.2 Å². The average molecular weight is 349 g/mol. The molecule has 2 nitrogen and oxygen atoms in total. The van der Waals surface area contributed by atoms with Gasteiger partial charge in [-0.1, -0.05) is 6.07 Å². The van der Waals surface area contributed by atoms with Gasteiger partial charge < -0.3 is 5.32 Å². The largest absolute Gasteiger partial charge is 0.314 e. The highest BCUT2D eigenvalue weighted by Crippen LogP contribution is 2.33. The lowest BCUT2D eigenvalue weighted by atomic mass is 10.0. The highest BCUT2D eigenvalue weighted by molar-refractivity contribution is 7.10. The number of thiophene rings is 1. The van der Waals surface area contributed by atoms with Gasteiger partial charge in [-0.3, -0.25) is 4.90 Å². The standard InChI is InChI=1S/C15H15F3N2S.ClH/c16-11-8-10(9-12(17)14(11)18)15(13-2-1-7-21-13)20-5-3-19-4-6-20;/h1-2,7-9,15,19H,3-6H2;1H/t15-;/m0./s1. The fraction of sp³-hybridized carbons (Fsp3) is 0.333. The Bertz CT molecular complexity index is 592. The summed E-state index contributed by atoms with van der Waals surface area (Å²) in [6, 6.07) is 5.81. The van der Waals surface area contributed by atoms with E-state index in [4.69, 9.17) is 0 Å². The van der Waals surface area contributed by atoms with Gasteiger partial charge in [0.15, 0.2) is 17.5 Å². The van der Waals surface area contributed by atoms with E-state index in [-0.39, 0.29) is 18.4 Å². The monoisotopic (exact) mass is 348 g/mol. The lowest BCUT2D eigenvalue weighted by Gasteiger charge is -2.34. The fourth-order valence-corrected chi connectivity index (χ4v) is 3.56. The van der Waals surface area contributed by atoms with Gasteiger partial charge in [-0.2, -0.15) is 0 Å². The van der Waals surface area contributed by atoms with Crippen LogP contribution in [0, 0.1) is 17.5 Å². The highest BCUT2D eigenvalue weighted by Gasteiger charge is 2.26. The first kappa shape index (κ1) is 17.3. The van der Waals surface area contributed by atoms with Crippen molar-refractivity contribution in [3.05, 3.63) is 57.5 Å². The van der Waals surface area contributed by atoms with Gasteiger partial charge in [-0.25, -0.2) is 13.2 Å². The van der Waals surface area contributed by atoms with Gasteiger partial charge in [0.2, 0.25) is 0 Å². The Morgan fingerprint density at radius 2 is 1.73 bits per heavy atom. The molecule has 0 aliphatic carbocycles. The van der Waals surface area contributed by atoms with Gasteiger partial charge in [-0.05, 0) is 29.1 Å². The molecule has 1 fully saturated rings. The molecular formula is C15H16ClF3N2S. The molecular weight excluding hydrogens is 333 g/mol. The first-order valence-electron chi connectivity index (χ1n) is 6.79. The molecule has 1 aliphatic heterocycles. The maximum Gasteiger partial charge on any atom is 0.194 e. The third kappa shape index (κ3) is 3.46. The van der Waals surface area contributed by atoms with E-state index >= 15 is 0 Å². The molecule has 22 heavy (non-hydrogen) atoms. The van der Waals surface area contributed by atoms with Crippen molar-refractivity contribution in [1.29, 1.82) is 0 Å². The molecule has 1 aliphatic rings. The van der Waals surface area contributed by atoms with Crippen LogP contribution in [-0.2, 0) is 0 Å². The molecule has 0 saturated carbocycles. The summed E-state index contributed by atoms with van der Waals surface area (Å²) < 4.78 is 40.3. The minimum absolute atomic E-state index is 0. The van der Waals surface area contributed by atoms with Gasteiger partial charge in [0.1, 0.15) is 0 Å². The van der Waals surface area contributed by atoms with Crippen LogP contribution in [0.2, 0.25) is 0 Å². The summed E-state index contributed by atoms with van der Waals surface area (Å²) in [6.45, 7) is 3.22. The molecule has 1 aromatic heterocycles. The third-order valence-electron chi connectivity index (χ3n) is 3.65. The molecule has 3 rings (SSSR count). The maximum atomic E-state index is 13.6. The molecule has 0 amide bonds. The fourth-order valence-electron chi connectivity index (χ4n) is 2.68. The number of hydrogen-bond donors (Lipinski definition) is 1. The van der Waals surface area contributed by atoms with E-state index in [1.54, 1.807) is 0 Å². The summed E-state index contributed by atoms with van der Waals surface area (Å²) in [7, 11) is 0. The Morgan fingerprint density at radius 3 is 2.27 bits per heavy atom. The smallest absolute Gasteiger partial charge is 0.194 e. The molecule has 1 atom stereocenters. The molecule has 0 radical (unpaired) electrons. The zero-order valence-electron chi connectivity index (χ0n) is 11.7. The summed E-state index contributed by atoms with van der Waals surface area (Å²) in [5, 5.41) is 5.18. The van der Waals surface area contributed by atoms with Crippen molar-refractivity contribution in [3.8, 4) is 0 Å². The molecule has 0 spiro atoms. The molecule has 1 aromatic carbocycles. The zero-order chi connectivity index (χ0) is 14.8. The Morgan fingerprint density at radius 1 is 1.09 bits per heavy atom. The topological polar surface area (TPSA) is 15.3 Å². The van der Waals surface area contributed by atoms with Gasteiger partial charge in [0.25, 0.3) is 0 Å². The lowest BCUT2D eigenvalue weighted by molar-refractivity contribution is 0.200. The van der Waals surface area contributed by atoms with Crippen LogP contribution in [-0.4, -0.2) is 31.1 Å². The third-order valence-corrected chi connectivity index (χ3v) is 4.58. The zero-order valence-corrected chi connectivity index (χ0v) is 13.3. The van der Waals surface area contributed by atoms with Crippen LogP contribution in [0.4, 0.5) is 13.2 Å². The minimum atomic E-state index is -1.41. The molecule has 1 N–H and O–H groups in total. The molecule has 7 heteroatoms. The van der Waals surface area contributed by atoms with Crippen molar-refractivity contribution in [1.82, 2.24) is 10.2 Å². The highest BCUT2D eigenvalue weighted by atomic mass is 35.5. The molecule has 1 saturated heterocycles. The summed E-state index contributed by atoms with van der Waals surface area (Å²) in [5.41, 5.74) is 0.454. The van der Waals surface area contributed by atoms with Crippen molar-refractivity contribution in [3.63, 3.8) is 0 Å². The number of nitrogens with zero attached hydrogens (tertiary/aromatic N) is 1. The van der Waals surface area contributed by atoms with Crippen LogP contribution in [0.5, 0.6) is 0 Å². The van der Waals surface area contributed by atoms with Crippen molar-refractivity contribution in [2.45, 2.75) is 6.04 Å². The molecule has 2 aromatic rings. The van der Waals surface area contributed by atoms with Crippen molar-refractivity contribution >= 4 is 23.7 Å². The summed E-state index contributed by atoms with van der Waals surface area (Å²) in [4.78, 5) is 3.16. The minimum Gasteiger partial charge on any atom is -0.314 e. The van der Waals surface area contributed by atoms with Crippen LogP contribution in [0.1, 0.15) is 16.5 Å². The van der Waals surface area contributed by atoms with E-state index in [0.29, 0.717) is 5.56 Å². The number of nitrogens with one attached hydrogen (secondary N) is 1. The first-order chi connectivity index (χ1) is 10.2. The van der Waals surface area contributed by atoms with E-state index < -0.39 is 17.5 Å². The van der Waals surface area contributed by atoms with E-state index in [1.807, 2.05) is 17.5 Å². The maximum absolute atomic E-state index is 13.6. The van der Waals surface area contributed by atoms with Crippen LogP contribution in [0.15, 0.2) is 29.6 Å². The number of rotatable bonds is 3. The molecule has 0 bridgehead atoms. The van der Waals surface area contributed by atoms with Gasteiger partial charge >= 0.3 is 0 Å². The van der Waals surface area contributed by atoms with E-state index in [0.717, 1.165) is 43.2 Å². The average Bonchev–Trinajstić information content (AvgIpc) is 3.00. The second-order valence-electron chi connectivity index (χ2n) is 5.00. The molecule has 120 valence electrons. The van der Waals surface area contributed by atoms with E-state index in [2.05, 4.69) is 10.2 Å². The van der Waals surface area contributed by atoms with E-state index in [1.165, 1.54) is 11.3 Å². The van der Waals surface area contributed by atoms with Gasteiger partial charge in [0, 0.05) is 31.1 Å². The molecule has 0 unspecified atom stereocenters. The van der Waals surface area contributed by atoms with Crippen LogP contribution in [0.25, 0.3) is 0 Å². The first-order valence-corrected chi connectivity index (χ1v) is 7.67. The summed E-state index contributed by atoms with van der Waals surface area (Å²) in [5.74, 6) is -3.69. The van der Waals surface area contributed by atoms with Crippen LogP contribution >= 0.6 is 23.7 Å². The van der Waals surface area contributed by atoms with Crippen LogP contribution in [0.3, 0.4) is 0 Å². The predicted octanol–water partition coefficient (Wildman–Crippen LogP) is 3.58. The number of halogens is 4. The van der Waals surface area contributed by atoms with Crippen LogP contribution < -0.4 is 5.32 Å². The summed E-state index contributed by atoms with van der Waals surface area (Å²) in [6.07, 6.45) is 0. The lowest BCUT2D eigenvalue weighted by Crippen LogP contribution is -2.45. The Kier molecular flexibility index (Phi) is 5.86. The van der Waals surface area contributed by atoms with Gasteiger partial charge in [0.05, 0.1) is 6.04 Å². The van der Waals surface area contributed by atoms with E-state index in [9.17, 15) is 13.2 Å². The second kappa shape index (κ2) is 7.46. The van der Waals surface area contributed by atoms with Crippen molar-refractivity contribution < 1.29 is 13.2 Å². The Balaban J connectivity index is 0.00000176. The second-order valence-corrected chi connectivity index (χ2v) is 5.98. The number of piperazine rings is 1. The molecule has 2 heterocycles. The SMILES string of the molecule is Cl.Fc1cc([C@@H](c2cccs2)N2CCNCC2)cc(F)c1F. The summed E-state index contributed by atoms with van der Waals surface area (Å²) >= 11 is 1.53. The van der Waals surface area contributed by atoms with Gasteiger partial charge in [-0.15, -0.1) is 23.7 Å². The quantitative estimate of drug-likeness (QED) is 0.853. The predicted molar refractivity (Wildman–Crippen MR) is 84.2 cm³/mol. The Hall–Kier alpha value is -1.08. The Labute approximate surface area is 137 Å². The number of benzene rings is 1. The van der Waals surface area contributed by atoms with Crippen molar-refractivity contribution in [2.24, 2.45) is 0 Å². The normalized spacial score (nSPS) is 17.0. The number of hydrogen-bond acceptors (Lipinski definition) is 3.